The van der Waals surface area contributed by atoms with Gasteiger partial charge in [-0.15, -0.1) is 0 Å². The van der Waals surface area contributed by atoms with E-state index in [1.807, 2.05) is 61.5 Å². The maximum atomic E-state index is 13.6. The van der Waals surface area contributed by atoms with Crippen LogP contribution in [0.2, 0.25) is 5.02 Å². The standard InChI is InChI=1S/C27H27Br2ClN2O3/c1-2-13-31-27(34)24(15-19-7-4-3-5-8-19)32(17-20-9-6-10-21(28)14-20)26(33)18-35-25-12-11-22(29)16-23(25)30/h3-12,14,16,24H,2,13,15,17-18H2,1H3,(H,31,34). The number of rotatable bonds is 11. The average Bonchev–Trinajstić information content (AvgIpc) is 2.84. The lowest BCUT2D eigenvalue weighted by molar-refractivity contribution is -0.142. The molecule has 3 aromatic carbocycles. The van der Waals surface area contributed by atoms with Crippen LogP contribution in [0.3, 0.4) is 0 Å². The van der Waals surface area contributed by atoms with E-state index in [1.54, 1.807) is 23.1 Å². The number of nitrogens with one attached hydrogen (secondary N) is 1. The number of hydrogen-bond acceptors (Lipinski definition) is 3. The number of carbonyl (C=O) groups is 2. The first-order chi connectivity index (χ1) is 16.9. The van der Waals surface area contributed by atoms with E-state index in [9.17, 15) is 9.59 Å². The monoisotopic (exact) mass is 620 g/mol. The van der Waals surface area contributed by atoms with Gasteiger partial charge in [-0.25, -0.2) is 0 Å². The minimum absolute atomic E-state index is 0.194. The Kier molecular flexibility index (Phi) is 10.6. The van der Waals surface area contributed by atoms with Gasteiger partial charge in [-0.05, 0) is 47.9 Å². The van der Waals surface area contributed by atoms with Crippen molar-refractivity contribution in [2.24, 2.45) is 0 Å². The summed E-state index contributed by atoms with van der Waals surface area (Å²) in [5, 5.41) is 3.36. The van der Waals surface area contributed by atoms with Crippen LogP contribution in [0.1, 0.15) is 24.5 Å². The highest BCUT2D eigenvalue weighted by atomic mass is 79.9. The van der Waals surface area contributed by atoms with Crippen molar-refractivity contribution in [3.63, 3.8) is 0 Å². The van der Waals surface area contributed by atoms with Crippen LogP contribution in [0.15, 0.2) is 81.7 Å². The van der Waals surface area contributed by atoms with Gasteiger partial charge in [-0.2, -0.15) is 0 Å². The topological polar surface area (TPSA) is 58.6 Å². The van der Waals surface area contributed by atoms with Gasteiger partial charge in [0.15, 0.2) is 6.61 Å². The molecule has 35 heavy (non-hydrogen) atoms. The molecule has 0 radical (unpaired) electrons. The third kappa shape index (κ3) is 8.37. The molecule has 2 amide bonds. The molecular formula is C27H27Br2ClN2O3. The molecule has 0 bridgehead atoms. The highest BCUT2D eigenvalue weighted by Gasteiger charge is 2.30. The zero-order valence-corrected chi connectivity index (χ0v) is 23.3. The van der Waals surface area contributed by atoms with Gasteiger partial charge in [-0.3, -0.25) is 9.59 Å². The largest absolute Gasteiger partial charge is 0.482 e. The summed E-state index contributed by atoms with van der Waals surface area (Å²) in [5.74, 6) is -0.0991. The molecule has 184 valence electrons. The summed E-state index contributed by atoms with van der Waals surface area (Å²) in [6, 6.07) is 21.9. The fourth-order valence-electron chi connectivity index (χ4n) is 3.57. The summed E-state index contributed by atoms with van der Waals surface area (Å²) in [7, 11) is 0. The van der Waals surface area contributed by atoms with Gasteiger partial charge in [0, 0.05) is 28.5 Å². The van der Waals surface area contributed by atoms with Crippen LogP contribution in [0.4, 0.5) is 0 Å². The minimum atomic E-state index is -0.709. The second-order valence-corrected chi connectivity index (χ2v) is 10.3. The molecule has 0 fully saturated rings. The predicted molar refractivity (Wildman–Crippen MR) is 147 cm³/mol. The van der Waals surface area contributed by atoms with E-state index in [2.05, 4.69) is 37.2 Å². The molecule has 0 heterocycles. The molecule has 5 nitrogen and oxygen atoms in total. The Morgan fingerprint density at radius 1 is 0.971 bits per heavy atom. The van der Waals surface area contributed by atoms with Crippen LogP contribution >= 0.6 is 43.5 Å². The third-order valence-electron chi connectivity index (χ3n) is 5.31. The molecule has 0 aliphatic heterocycles. The first-order valence-corrected chi connectivity index (χ1v) is 13.3. The van der Waals surface area contributed by atoms with Crippen molar-refractivity contribution >= 4 is 55.3 Å². The van der Waals surface area contributed by atoms with Gasteiger partial charge in [0.1, 0.15) is 11.8 Å². The van der Waals surface area contributed by atoms with Crippen molar-refractivity contribution in [2.45, 2.75) is 32.4 Å². The number of carbonyl (C=O) groups excluding carboxylic acids is 2. The van der Waals surface area contributed by atoms with Gasteiger partial charge in [0.05, 0.1) is 5.02 Å². The Morgan fingerprint density at radius 2 is 1.69 bits per heavy atom. The van der Waals surface area contributed by atoms with E-state index in [0.29, 0.717) is 23.7 Å². The number of amides is 2. The maximum absolute atomic E-state index is 13.6. The third-order valence-corrected chi connectivity index (χ3v) is 6.59. The molecule has 0 aliphatic rings. The van der Waals surface area contributed by atoms with E-state index in [-0.39, 0.29) is 25.0 Å². The normalized spacial score (nSPS) is 11.5. The van der Waals surface area contributed by atoms with Crippen molar-refractivity contribution in [1.29, 1.82) is 0 Å². The summed E-state index contributed by atoms with van der Waals surface area (Å²) < 4.78 is 7.48. The number of nitrogens with zero attached hydrogens (tertiary/aromatic N) is 1. The van der Waals surface area contributed by atoms with E-state index < -0.39 is 6.04 Å². The predicted octanol–water partition coefficient (Wildman–Crippen LogP) is 6.41. The van der Waals surface area contributed by atoms with Crippen LogP contribution < -0.4 is 10.1 Å². The summed E-state index contributed by atoms with van der Waals surface area (Å²) in [4.78, 5) is 28.4. The molecule has 0 saturated carbocycles. The van der Waals surface area contributed by atoms with Crippen LogP contribution in [0.25, 0.3) is 0 Å². The van der Waals surface area contributed by atoms with E-state index in [0.717, 1.165) is 26.5 Å². The number of halogens is 3. The lowest BCUT2D eigenvalue weighted by atomic mass is 10.0. The summed E-state index contributed by atoms with van der Waals surface area (Å²) in [6.45, 7) is 2.54. The van der Waals surface area contributed by atoms with Crippen molar-refractivity contribution in [2.75, 3.05) is 13.2 Å². The molecule has 8 heteroatoms. The van der Waals surface area contributed by atoms with Crippen molar-refractivity contribution < 1.29 is 14.3 Å². The van der Waals surface area contributed by atoms with Crippen molar-refractivity contribution in [3.05, 3.63) is 97.9 Å². The SMILES string of the molecule is CCCNC(=O)C(Cc1ccccc1)N(Cc1cccc(Br)c1)C(=O)COc1ccc(Br)cc1Cl. The van der Waals surface area contributed by atoms with Gasteiger partial charge >= 0.3 is 0 Å². The number of ether oxygens (including phenoxy) is 1. The van der Waals surface area contributed by atoms with Crippen molar-refractivity contribution in [1.82, 2.24) is 10.2 Å². The van der Waals surface area contributed by atoms with Crippen LogP contribution in [0, 0.1) is 0 Å². The first kappa shape index (κ1) is 27.2. The molecule has 0 aromatic heterocycles. The van der Waals surface area contributed by atoms with E-state index >= 15 is 0 Å². The highest BCUT2D eigenvalue weighted by Crippen LogP contribution is 2.28. The minimum Gasteiger partial charge on any atom is -0.482 e. The second kappa shape index (κ2) is 13.7. The first-order valence-electron chi connectivity index (χ1n) is 11.3. The van der Waals surface area contributed by atoms with Crippen LogP contribution in [-0.2, 0) is 22.6 Å². The van der Waals surface area contributed by atoms with Crippen LogP contribution in [-0.4, -0.2) is 35.9 Å². The quantitative estimate of drug-likeness (QED) is 0.269. The Labute approximate surface area is 228 Å². The van der Waals surface area contributed by atoms with Crippen LogP contribution in [0.5, 0.6) is 5.75 Å². The number of hydrogen-bond donors (Lipinski definition) is 1. The molecule has 1 unspecified atom stereocenters. The lowest BCUT2D eigenvalue weighted by Crippen LogP contribution is -2.51. The lowest BCUT2D eigenvalue weighted by Gasteiger charge is -2.31. The van der Waals surface area contributed by atoms with E-state index in [4.69, 9.17) is 16.3 Å². The Hall–Kier alpha value is -2.35. The summed E-state index contributed by atoms with van der Waals surface area (Å²) in [5.41, 5.74) is 1.86. The molecule has 1 N–H and O–H groups in total. The Bertz CT molecular complexity index is 1140. The molecule has 3 rings (SSSR count). The molecule has 0 saturated heterocycles. The van der Waals surface area contributed by atoms with Gasteiger partial charge in [0.2, 0.25) is 5.91 Å². The highest BCUT2D eigenvalue weighted by molar-refractivity contribution is 9.10. The smallest absolute Gasteiger partial charge is 0.261 e. The van der Waals surface area contributed by atoms with E-state index in [1.165, 1.54) is 0 Å². The van der Waals surface area contributed by atoms with Gasteiger partial charge in [0.25, 0.3) is 5.91 Å². The summed E-state index contributed by atoms with van der Waals surface area (Å²) >= 11 is 13.1. The van der Waals surface area contributed by atoms with Gasteiger partial charge < -0.3 is 15.0 Å². The molecular weight excluding hydrogens is 596 g/mol. The fraction of sp³-hybridized carbons (Fsp3) is 0.259. The number of benzene rings is 3. The fourth-order valence-corrected chi connectivity index (χ4v) is 4.74. The summed E-state index contributed by atoms with van der Waals surface area (Å²) in [6.07, 6.45) is 1.18. The zero-order valence-electron chi connectivity index (χ0n) is 19.3. The van der Waals surface area contributed by atoms with Gasteiger partial charge in [-0.1, -0.05) is 92.8 Å². The average molecular weight is 623 g/mol. The maximum Gasteiger partial charge on any atom is 0.261 e. The molecule has 3 aromatic rings. The van der Waals surface area contributed by atoms with Crippen molar-refractivity contribution in [3.8, 4) is 5.75 Å². The Morgan fingerprint density at radius 3 is 2.37 bits per heavy atom. The molecule has 0 aliphatic carbocycles. The zero-order chi connectivity index (χ0) is 25.2. The second-order valence-electron chi connectivity index (χ2n) is 8.01. The molecule has 1 atom stereocenters. The Balaban J connectivity index is 1.90. The molecule has 0 spiro atoms.